The molecule has 26 heavy (non-hydrogen) atoms. The van der Waals surface area contributed by atoms with Gasteiger partial charge in [-0.3, -0.25) is 14.5 Å². The van der Waals surface area contributed by atoms with Crippen LogP contribution in [-0.2, 0) is 4.79 Å². The number of hydrogen-bond donors (Lipinski definition) is 1. The van der Waals surface area contributed by atoms with Gasteiger partial charge in [0.05, 0.1) is 22.6 Å². The highest BCUT2D eigenvalue weighted by molar-refractivity contribution is 7.13. The van der Waals surface area contributed by atoms with E-state index >= 15 is 0 Å². The summed E-state index contributed by atoms with van der Waals surface area (Å²) in [6.07, 6.45) is 2.72. The minimum absolute atomic E-state index is 0.0378. The van der Waals surface area contributed by atoms with E-state index in [1.807, 2.05) is 51.2 Å². The van der Waals surface area contributed by atoms with Crippen molar-refractivity contribution in [3.8, 4) is 0 Å². The van der Waals surface area contributed by atoms with Crippen molar-refractivity contribution < 1.29 is 9.59 Å². The lowest BCUT2D eigenvalue weighted by molar-refractivity contribution is -0.114. The lowest BCUT2D eigenvalue weighted by atomic mass is 10.0. The van der Waals surface area contributed by atoms with Gasteiger partial charge in [-0.15, -0.1) is 11.3 Å². The third-order valence-corrected chi connectivity index (χ3v) is 5.97. The first kappa shape index (κ1) is 17.0. The number of para-hydroxylation sites is 2. The highest BCUT2D eigenvalue weighted by Crippen LogP contribution is 2.45. The van der Waals surface area contributed by atoms with Crippen LogP contribution in [0.15, 0.2) is 35.9 Å². The van der Waals surface area contributed by atoms with Crippen LogP contribution < -0.4 is 10.2 Å². The Hall–Kier alpha value is -2.44. The molecule has 2 aliphatic heterocycles. The summed E-state index contributed by atoms with van der Waals surface area (Å²) in [5.41, 5.74) is 3.52. The third kappa shape index (κ3) is 2.66. The summed E-state index contributed by atoms with van der Waals surface area (Å²) in [7, 11) is 2.05. The molecule has 2 aliphatic rings. The molecule has 2 aromatic rings. The van der Waals surface area contributed by atoms with Crippen molar-refractivity contribution in [2.24, 2.45) is 0 Å². The first-order valence-electron chi connectivity index (χ1n) is 8.69. The number of rotatable bonds is 1. The van der Waals surface area contributed by atoms with Crippen molar-refractivity contribution in [3.63, 3.8) is 0 Å². The molecular formula is C20H21N3O2S. The Labute approximate surface area is 156 Å². The molecule has 0 saturated heterocycles. The van der Waals surface area contributed by atoms with Crippen LogP contribution in [0, 0.1) is 13.8 Å². The number of anilines is 3. The molecule has 0 saturated carbocycles. The van der Waals surface area contributed by atoms with Crippen molar-refractivity contribution in [3.05, 3.63) is 51.2 Å². The minimum atomic E-state index is -0.151. The average molecular weight is 367 g/mol. The second-order valence-corrected chi connectivity index (χ2v) is 8.22. The fourth-order valence-corrected chi connectivity index (χ4v) is 4.65. The standard InChI is InChI=1S/C20H21N3O2S/c1-12-17-18(13(2)26-12)23(20(25)14-8-10-22(3)11-9-14)16-7-5-4-6-15(16)21-19(17)24/h4-8H,9-11H2,1-3H3,(H,21,24). The highest BCUT2D eigenvalue weighted by atomic mass is 32.1. The number of hydrogen-bond acceptors (Lipinski definition) is 4. The maximum absolute atomic E-state index is 13.5. The van der Waals surface area contributed by atoms with Gasteiger partial charge in [-0.2, -0.15) is 0 Å². The molecule has 0 aliphatic carbocycles. The van der Waals surface area contributed by atoms with Crippen LogP contribution in [0.1, 0.15) is 26.5 Å². The molecule has 4 rings (SSSR count). The van der Waals surface area contributed by atoms with Gasteiger partial charge in [-0.05, 0) is 39.4 Å². The molecule has 0 bridgehead atoms. The van der Waals surface area contributed by atoms with Gasteiger partial charge in [0, 0.05) is 28.4 Å². The van der Waals surface area contributed by atoms with Crippen molar-refractivity contribution in [1.82, 2.24) is 4.90 Å². The van der Waals surface area contributed by atoms with Crippen LogP contribution >= 0.6 is 11.3 Å². The van der Waals surface area contributed by atoms with Crippen molar-refractivity contribution >= 4 is 40.2 Å². The Morgan fingerprint density at radius 2 is 1.96 bits per heavy atom. The fraction of sp³-hybridized carbons (Fsp3) is 0.300. The summed E-state index contributed by atoms with van der Waals surface area (Å²) in [5.74, 6) is -0.189. The van der Waals surface area contributed by atoms with Gasteiger partial charge >= 0.3 is 0 Å². The number of carbonyl (C=O) groups excluding carboxylic acids is 2. The molecule has 3 heterocycles. The Morgan fingerprint density at radius 3 is 2.69 bits per heavy atom. The number of nitrogens with zero attached hydrogens (tertiary/aromatic N) is 2. The van der Waals surface area contributed by atoms with E-state index in [1.54, 1.807) is 16.2 Å². The maximum Gasteiger partial charge on any atom is 0.258 e. The number of thiophene rings is 1. The molecule has 0 radical (unpaired) electrons. The van der Waals surface area contributed by atoms with Crippen LogP contribution in [0.25, 0.3) is 0 Å². The van der Waals surface area contributed by atoms with Crippen molar-refractivity contribution in [2.75, 3.05) is 30.4 Å². The van der Waals surface area contributed by atoms with E-state index in [-0.39, 0.29) is 11.8 Å². The summed E-state index contributed by atoms with van der Waals surface area (Å²) >= 11 is 1.56. The van der Waals surface area contributed by atoms with E-state index in [2.05, 4.69) is 10.2 Å². The Kier molecular flexibility index (Phi) is 4.17. The monoisotopic (exact) mass is 367 g/mol. The maximum atomic E-state index is 13.5. The molecule has 1 N–H and O–H groups in total. The summed E-state index contributed by atoms with van der Waals surface area (Å²) in [4.78, 5) is 32.2. The molecule has 134 valence electrons. The minimum Gasteiger partial charge on any atom is -0.320 e. The molecule has 5 nitrogen and oxygen atoms in total. The smallest absolute Gasteiger partial charge is 0.258 e. The first-order chi connectivity index (χ1) is 12.5. The highest BCUT2D eigenvalue weighted by Gasteiger charge is 2.34. The molecule has 1 aromatic carbocycles. The second-order valence-electron chi connectivity index (χ2n) is 6.79. The zero-order valence-corrected chi connectivity index (χ0v) is 15.9. The van der Waals surface area contributed by atoms with Gasteiger partial charge in [0.1, 0.15) is 0 Å². The summed E-state index contributed by atoms with van der Waals surface area (Å²) in [5, 5.41) is 2.97. The normalized spacial score (nSPS) is 17.1. The number of fused-ring (bicyclic) bond motifs is 2. The second kappa shape index (κ2) is 6.37. The van der Waals surface area contributed by atoms with E-state index in [1.165, 1.54) is 0 Å². The predicted octanol–water partition coefficient (Wildman–Crippen LogP) is 3.86. The Balaban J connectivity index is 1.91. The average Bonchev–Trinajstić information content (AvgIpc) is 2.83. The number of aryl methyl sites for hydroxylation is 2. The molecule has 1 aromatic heterocycles. The van der Waals surface area contributed by atoms with Crippen LogP contribution in [0.5, 0.6) is 0 Å². The van der Waals surface area contributed by atoms with E-state index < -0.39 is 0 Å². The van der Waals surface area contributed by atoms with Gasteiger partial charge in [0.25, 0.3) is 11.8 Å². The number of amides is 2. The molecule has 0 atom stereocenters. The molecule has 2 amide bonds. The van der Waals surface area contributed by atoms with Gasteiger partial charge in [-0.25, -0.2) is 0 Å². The summed E-state index contributed by atoms with van der Waals surface area (Å²) < 4.78 is 0. The van der Waals surface area contributed by atoms with Crippen LogP contribution in [0.4, 0.5) is 17.1 Å². The Morgan fingerprint density at radius 1 is 1.19 bits per heavy atom. The van der Waals surface area contributed by atoms with Crippen LogP contribution in [0.2, 0.25) is 0 Å². The third-order valence-electron chi connectivity index (χ3n) is 4.96. The largest absolute Gasteiger partial charge is 0.320 e. The lowest BCUT2D eigenvalue weighted by Crippen LogP contribution is -2.33. The molecule has 6 heteroatoms. The number of nitrogens with one attached hydrogen (secondary N) is 1. The zero-order chi connectivity index (χ0) is 18.4. The molecule has 0 spiro atoms. The number of likely N-dealkylation sites (N-methyl/N-ethyl adjacent to an activating group) is 1. The number of carbonyl (C=O) groups is 2. The van der Waals surface area contributed by atoms with Gasteiger partial charge in [0.15, 0.2) is 0 Å². The van der Waals surface area contributed by atoms with E-state index in [4.69, 9.17) is 0 Å². The van der Waals surface area contributed by atoms with Gasteiger partial charge in [0.2, 0.25) is 0 Å². The van der Waals surface area contributed by atoms with Crippen molar-refractivity contribution in [1.29, 1.82) is 0 Å². The van der Waals surface area contributed by atoms with Crippen LogP contribution in [-0.4, -0.2) is 36.9 Å². The van der Waals surface area contributed by atoms with E-state index in [0.717, 1.165) is 39.8 Å². The van der Waals surface area contributed by atoms with Crippen molar-refractivity contribution in [2.45, 2.75) is 20.3 Å². The van der Waals surface area contributed by atoms with E-state index in [0.29, 0.717) is 17.7 Å². The Bertz CT molecular complexity index is 945. The predicted molar refractivity (Wildman–Crippen MR) is 106 cm³/mol. The SMILES string of the molecule is Cc1sc(C)c2c1C(=O)Nc1ccccc1N2C(=O)C1=CCN(C)CC1. The lowest BCUT2D eigenvalue weighted by Gasteiger charge is -2.28. The fourth-order valence-electron chi connectivity index (χ4n) is 3.61. The topological polar surface area (TPSA) is 52.7 Å². The van der Waals surface area contributed by atoms with E-state index in [9.17, 15) is 9.59 Å². The summed E-state index contributed by atoms with van der Waals surface area (Å²) in [6.45, 7) is 5.53. The van der Waals surface area contributed by atoms with Gasteiger partial charge in [-0.1, -0.05) is 18.2 Å². The molecular weight excluding hydrogens is 346 g/mol. The number of benzene rings is 1. The zero-order valence-electron chi connectivity index (χ0n) is 15.1. The quantitative estimate of drug-likeness (QED) is 0.833. The van der Waals surface area contributed by atoms with Gasteiger partial charge < -0.3 is 10.2 Å². The van der Waals surface area contributed by atoms with Crippen LogP contribution in [0.3, 0.4) is 0 Å². The summed E-state index contributed by atoms with van der Waals surface area (Å²) in [6, 6.07) is 7.50. The molecule has 0 fully saturated rings. The molecule has 0 unspecified atom stereocenters. The first-order valence-corrected chi connectivity index (χ1v) is 9.51.